The lowest BCUT2D eigenvalue weighted by Gasteiger charge is -2.36. The molecule has 20 nitrogen and oxygen atoms in total. The quantitative estimate of drug-likeness (QED) is 0.0668. The average Bonchev–Trinajstić information content (AvgIpc) is 4.43. The SMILES string of the molecule is CCc1cncn1N(c1cc(N(n2cncc2CC)n2ccnc2CC)c2ccc3c(N(n4cncc4CC)n4ccnc4CC)cc(N(n4cncc4CC)n4ccnc4CC)c4ccc1c2c43)n1ccnc1CC. The van der Waals surface area contributed by atoms with Gasteiger partial charge in [0.15, 0.2) is 0 Å². The molecule has 0 bridgehead atoms. The first-order valence-corrected chi connectivity index (χ1v) is 26.5. The highest BCUT2D eigenvalue weighted by molar-refractivity contribution is 6.31. The van der Waals surface area contributed by atoms with Gasteiger partial charge in [-0.25, -0.2) is 77.3 Å². The topological polar surface area (TPSA) is 156 Å². The minimum absolute atomic E-state index is 0.691. The first-order chi connectivity index (χ1) is 37.4. The van der Waals surface area contributed by atoms with Gasteiger partial charge in [0.05, 0.1) is 70.3 Å². The molecule has 0 unspecified atom stereocenters. The molecule has 0 atom stereocenters. The van der Waals surface area contributed by atoms with Crippen LogP contribution in [0.2, 0.25) is 0 Å². The summed E-state index contributed by atoms with van der Waals surface area (Å²) in [5, 5.41) is 15.0. The third kappa shape index (κ3) is 7.40. The van der Waals surface area contributed by atoms with Crippen molar-refractivity contribution >= 4 is 55.1 Å². The highest BCUT2D eigenvalue weighted by Crippen LogP contribution is 2.50. The minimum Gasteiger partial charge on any atom is -0.243 e. The molecular formula is C56H62N20. The molecule has 0 aliphatic rings. The molecule has 386 valence electrons. The molecule has 8 heterocycles. The van der Waals surface area contributed by atoms with Gasteiger partial charge < -0.3 is 0 Å². The van der Waals surface area contributed by atoms with Crippen molar-refractivity contribution in [1.29, 1.82) is 0 Å². The number of hydrogen-bond acceptors (Lipinski definition) is 12. The van der Waals surface area contributed by atoms with E-state index in [1.807, 2.05) is 99.7 Å². The predicted octanol–water partition coefficient (Wildman–Crippen LogP) is 9.59. The maximum Gasteiger partial charge on any atom is 0.129 e. The smallest absolute Gasteiger partial charge is 0.129 e. The molecule has 0 amide bonds. The Balaban J connectivity index is 1.32. The van der Waals surface area contributed by atoms with Gasteiger partial charge in [0.1, 0.15) is 48.6 Å². The Bertz CT molecular complexity index is 3290. The molecule has 20 heteroatoms. The number of aryl methyl sites for hydroxylation is 8. The van der Waals surface area contributed by atoms with E-state index in [0.717, 1.165) is 127 Å². The van der Waals surface area contributed by atoms with Crippen molar-refractivity contribution in [1.82, 2.24) is 77.3 Å². The summed E-state index contributed by atoms with van der Waals surface area (Å²) in [5.74, 6) is 3.55. The van der Waals surface area contributed by atoms with E-state index in [2.05, 4.69) is 150 Å². The molecule has 0 aliphatic heterocycles. The normalized spacial score (nSPS) is 11.8. The van der Waals surface area contributed by atoms with Crippen LogP contribution in [0.3, 0.4) is 0 Å². The summed E-state index contributed by atoms with van der Waals surface area (Å²) < 4.78 is 17.2. The van der Waals surface area contributed by atoms with Crippen LogP contribution in [-0.4, -0.2) is 77.3 Å². The molecule has 0 radical (unpaired) electrons. The Morgan fingerprint density at radius 3 is 0.763 bits per heavy atom. The predicted molar refractivity (Wildman–Crippen MR) is 296 cm³/mol. The van der Waals surface area contributed by atoms with Crippen LogP contribution >= 0.6 is 0 Å². The molecule has 0 aliphatic carbocycles. The Kier molecular flexibility index (Phi) is 12.3. The fourth-order valence-electron chi connectivity index (χ4n) is 10.9. The molecule has 0 spiro atoms. The van der Waals surface area contributed by atoms with Gasteiger partial charge in [-0.1, -0.05) is 79.7 Å². The van der Waals surface area contributed by atoms with Gasteiger partial charge in [0, 0.05) is 108 Å². The lowest BCUT2D eigenvalue weighted by molar-refractivity contribution is 0.558. The molecule has 76 heavy (non-hydrogen) atoms. The second-order valence-electron chi connectivity index (χ2n) is 18.6. The minimum atomic E-state index is 0.691. The fourth-order valence-corrected chi connectivity index (χ4v) is 10.9. The molecule has 12 aromatic rings. The van der Waals surface area contributed by atoms with Gasteiger partial charge in [-0.3, -0.25) is 0 Å². The number of nitrogens with zero attached hydrogens (tertiary/aromatic N) is 20. The maximum atomic E-state index is 4.92. The largest absolute Gasteiger partial charge is 0.243 e. The average molecular weight is 1020 g/mol. The summed E-state index contributed by atoms with van der Waals surface area (Å²) in [6.45, 7) is 17.2. The van der Waals surface area contributed by atoms with E-state index in [4.69, 9.17) is 39.9 Å². The molecule has 0 saturated carbocycles. The molecule has 8 aromatic heterocycles. The van der Waals surface area contributed by atoms with E-state index < -0.39 is 0 Å². The molecular weight excluding hydrogens is 953 g/mol. The van der Waals surface area contributed by atoms with Crippen molar-refractivity contribution in [2.24, 2.45) is 0 Å². The van der Waals surface area contributed by atoms with Crippen LogP contribution in [0.15, 0.2) is 136 Å². The molecule has 0 N–H and O–H groups in total. The third-order valence-corrected chi connectivity index (χ3v) is 14.6. The zero-order chi connectivity index (χ0) is 52.2. The molecule has 0 fully saturated rings. The van der Waals surface area contributed by atoms with Gasteiger partial charge in [0.2, 0.25) is 0 Å². The zero-order valence-corrected chi connectivity index (χ0v) is 44.3. The zero-order valence-electron chi connectivity index (χ0n) is 44.3. The summed E-state index contributed by atoms with van der Waals surface area (Å²) in [5.41, 5.74) is 7.71. The van der Waals surface area contributed by atoms with Crippen molar-refractivity contribution in [3.63, 3.8) is 0 Å². The Morgan fingerprint density at radius 2 is 0.553 bits per heavy atom. The van der Waals surface area contributed by atoms with Crippen LogP contribution in [0.1, 0.15) is 101 Å². The van der Waals surface area contributed by atoms with Gasteiger partial charge in [0.25, 0.3) is 0 Å². The standard InChI is InChI=1S/C56H62N20/c1-9-39-31-57-35-69(39)73(65-25-21-61-51(65)13-5)47-29-48(74(66-26-22-62-52(66)14-6)70-36-58-32-40(70)10-2)44-19-20-46-50(76(68-28-24-64-54(68)16-8)72-38-60-34-42(72)12-4)30-49(45-18-17-43(47)55(44)56(45)46)75(67-27-23-63-53(67)15-7)71-37-59-33-41(71)11-3/h17-38H,9-16H2,1-8H3. The molecule has 0 saturated heterocycles. The second kappa shape index (κ2) is 19.6. The Hall–Kier alpha value is -9.20. The van der Waals surface area contributed by atoms with E-state index >= 15 is 0 Å². The van der Waals surface area contributed by atoms with Crippen LogP contribution in [0.25, 0.3) is 32.3 Å². The summed E-state index contributed by atoms with van der Waals surface area (Å²) in [7, 11) is 0. The highest BCUT2D eigenvalue weighted by Gasteiger charge is 2.32. The molecule has 4 aromatic carbocycles. The van der Waals surface area contributed by atoms with E-state index in [0.29, 0.717) is 25.7 Å². The van der Waals surface area contributed by atoms with Crippen LogP contribution in [0, 0.1) is 0 Å². The first-order valence-electron chi connectivity index (χ1n) is 26.5. The van der Waals surface area contributed by atoms with Crippen LogP contribution in [0.4, 0.5) is 22.7 Å². The number of hydrogen-bond donors (Lipinski definition) is 0. The third-order valence-electron chi connectivity index (χ3n) is 14.6. The van der Waals surface area contributed by atoms with Gasteiger partial charge in [-0.2, -0.15) is 20.5 Å². The lowest BCUT2D eigenvalue weighted by Crippen LogP contribution is -2.39. The first kappa shape index (κ1) is 47.8. The summed E-state index contributed by atoms with van der Waals surface area (Å²) in [6.07, 6.45) is 36.7. The monoisotopic (exact) mass is 1010 g/mol. The van der Waals surface area contributed by atoms with Gasteiger partial charge >= 0.3 is 0 Å². The van der Waals surface area contributed by atoms with Gasteiger partial charge in [-0.15, -0.1) is 0 Å². The fraction of sp³-hybridized carbons (Fsp3) is 0.286. The van der Waals surface area contributed by atoms with Crippen LogP contribution in [0.5, 0.6) is 0 Å². The number of imidazole rings is 8. The van der Waals surface area contributed by atoms with Crippen LogP contribution < -0.4 is 20.5 Å². The molecule has 12 rings (SSSR count). The lowest BCUT2D eigenvalue weighted by atomic mass is 9.90. The van der Waals surface area contributed by atoms with Crippen molar-refractivity contribution in [2.45, 2.75) is 107 Å². The Labute approximate surface area is 440 Å². The number of aromatic nitrogens is 16. The summed E-state index contributed by atoms with van der Waals surface area (Å²) >= 11 is 0. The van der Waals surface area contributed by atoms with Crippen molar-refractivity contribution in [3.8, 4) is 0 Å². The van der Waals surface area contributed by atoms with Crippen molar-refractivity contribution in [2.75, 3.05) is 20.5 Å². The van der Waals surface area contributed by atoms with Crippen LogP contribution in [-0.2, 0) is 51.4 Å². The summed E-state index contributed by atoms with van der Waals surface area (Å²) in [4.78, 5) is 38.8. The number of benzene rings is 4. The number of rotatable bonds is 20. The highest BCUT2D eigenvalue weighted by atomic mass is 15.8. The second-order valence-corrected chi connectivity index (χ2v) is 18.6. The van der Waals surface area contributed by atoms with Crippen molar-refractivity contribution in [3.05, 3.63) is 182 Å². The summed E-state index contributed by atoms with van der Waals surface area (Å²) in [6, 6.07) is 13.7. The van der Waals surface area contributed by atoms with Gasteiger partial charge in [-0.05, 0) is 37.8 Å². The van der Waals surface area contributed by atoms with E-state index in [1.165, 1.54) is 0 Å². The van der Waals surface area contributed by atoms with E-state index in [9.17, 15) is 0 Å². The number of anilines is 4. The van der Waals surface area contributed by atoms with E-state index in [-0.39, 0.29) is 0 Å². The van der Waals surface area contributed by atoms with E-state index in [1.54, 1.807) is 0 Å². The van der Waals surface area contributed by atoms with Crippen molar-refractivity contribution < 1.29 is 0 Å². The maximum absolute atomic E-state index is 4.92. The Morgan fingerprint density at radius 1 is 0.316 bits per heavy atom.